The van der Waals surface area contributed by atoms with E-state index in [1.807, 2.05) is 0 Å². The molecule has 0 unspecified atom stereocenters. The molecule has 0 saturated carbocycles. The van der Waals surface area contributed by atoms with Crippen molar-refractivity contribution in [3.05, 3.63) is 33.1 Å². The highest BCUT2D eigenvalue weighted by Gasteiger charge is 2.19. The van der Waals surface area contributed by atoms with Crippen LogP contribution in [0.15, 0.2) is 6.07 Å². The Bertz CT molecular complexity index is 393. The number of rotatable bonds is 2. The van der Waals surface area contributed by atoms with Gasteiger partial charge in [0.15, 0.2) is 0 Å². The number of aliphatic hydroxyl groups is 1. The summed E-state index contributed by atoms with van der Waals surface area (Å²) in [5.74, 6) is -2.38. The molecule has 14 heavy (non-hydrogen) atoms. The number of halogens is 3. The summed E-state index contributed by atoms with van der Waals surface area (Å²) >= 11 is 10.9. The third-order valence-electron chi connectivity index (χ3n) is 1.64. The molecular formula is C8H5Cl2FO3. The average Bonchev–Trinajstić information content (AvgIpc) is 2.12. The minimum absolute atomic E-state index is 0.160. The quantitative estimate of drug-likeness (QED) is 0.778. The van der Waals surface area contributed by atoms with E-state index in [-0.39, 0.29) is 10.6 Å². The van der Waals surface area contributed by atoms with Crippen LogP contribution in [0.25, 0.3) is 0 Å². The summed E-state index contributed by atoms with van der Waals surface area (Å²) in [6, 6.07) is 1.00. The summed E-state index contributed by atoms with van der Waals surface area (Å²) in [6.07, 6.45) is 0. The lowest BCUT2D eigenvalue weighted by molar-refractivity contribution is 0.0696. The van der Waals surface area contributed by atoms with Gasteiger partial charge in [0.2, 0.25) is 0 Å². The molecule has 1 rings (SSSR count). The molecule has 0 atom stereocenters. The van der Waals surface area contributed by atoms with Crippen molar-refractivity contribution < 1.29 is 19.4 Å². The van der Waals surface area contributed by atoms with Crippen molar-refractivity contribution in [1.29, 1.82) is 0 Å². The van der Waals surface area contributed by atoms with Crippen molar-refractivity contribution in [1.82, 2.24) is 0 Å². The van der Waals surface area contributed by atoms with E-state index in [0.717, 1.165) is 6.07 Å². The van der Waals surface area contributed by atoms with Crippen LogP contribution in [-0.2, 0) is 6.61 Å². The molecule has 0 spiro atoms. The van der Waals surface area contributed by atoms with E-state index in [9.17, 15) is 9.18 Å². The number of hydrogen-bond donors (Lipinski definition) is 2. The van der Waals surface area contributed by atoms with Crippen LogP contribution in [0, 0.1) is 5.82 Å². The number of carboxylic acid groups (broad SMARTS) is 1. The van der Waals surface area contributed by atoms with Crippen molar-refractivity contribution >= 4 is 29.2 Å². The predicted octanol–water partition coefficient (Wildman–Crippen LogP) is 2.32. The van der Waals surface area contributed by atoms with E-state index in [0.29, 0.717) is 0 Å². The predicted molar refractivity (Wildman–Crippen MR) is 49.3 cm³/mol. The largest absolute Gasteiger partial charge is 0.478 e. The Morgan fingerprint density at radius 2 is 2.07 bits per heavy atom. The Hall–Kier alpha value is -0.840. The number of carboxylic acids is 1. The highest BCUT2D eigenvalue weighted by atomic mass is 35.5. The third-order valence-corrected chi connectivity index (χ3v) is 2.35. The van der Waals surface area contributed by atoms with Gasteiger partial charge in [-0.15, -0.1) is 0 Å². The second kappa shape index (κ2) is 4.13. The summed E-state index contributed by atoms with van der Waals surface area (Å²) in [5, 5.41) is 16.6. The molecule has 0 saturated heterocycles. The number of aliphatic hydroxyl groups excluding tert-OH is 1. The second-order valence-corrected chi connectivity index (χ2v) is 3.26. The first kappa shape index (κ1) is 11.2. The van der Waals surface area contributed by atoms with Crippen molar-refractivity contribution in [2.45, 2.75) is 6.61 Å². The Kier molecular flexibility index (Phi) is 3.31. The van der Waals surface area contributed by atoms with E-state index in [1.54, 1.807) is 0 Å². The Morgan fingerprint density at radius 3 is 2.50 bits per heavy atom. The molecule has 0 aliphatic carbocycles. The fourth-order valence-corrected chi connectivity index (χ4v) is 1.43. The number of carbonyl (C=O) groups is 1. The zero-order chi connectivity index (χ0) is 10.9. The summed E-state index contributed by atoms with van der Waals surface area (Å²) < 4.78 is 13.2. The maximum absolute atomic E-state index is 13.2. The first-order valence-electron chi connectivity index (χ1n) is 3.49. The van der Waals surface area contributed by atoms with Gasteiger partial charge in [0.05, 0.1) is 17.2 Å². The standard InChI is InChI=1S/C8H5Cl2FO3/c9-5-1-3(8(13)14)6(10)7(11)4(5)2-12/h1,12H,2H2,(H,13,14). The fraction of sp³-hybridized carbons (Fsp3) is 0.125. The Labute approximate surface area is 88.7 Å². The smallest absolute Gasteiger partial charge is 0.337 e. The SMILES string of the molecule is O=C(O)c1cc(Cl)c(CO)c(F)c1Cl. The molecule has 0 fully saturated rings. The molecule has 76 valence electrons. The van der Waals surface area contributed by atoms with Crippen molar-refractivity contribution in [2.75, 3.05) is 0 Å². The summed E-state index contributed by atoms with van der Waals surface area (Å²) in [4.78, 5) is 10.6. The molecule has 1 aromatic rings. The van der Waals surface area contributed by atoms with Crippen LogP contribution < -0.4 is 0 Å². The lowest BCUT2D eigenvalue weighted by Gasteiger charge is -2.06. The van der Waals surface area contributed by atoms with Gasteiger partial charge in [0, 0.05) is 10.6 Å². The van der Waals surface area contributed by atoms with Crippen LogP contribution in [0.2, 0.25) is 10.0 Å². The maximum Gasteiger partial charge on any atom is 0.337 e. The van der Waals surface area contributed by atoms with Crippen molar-refractivity contribution in [3.63, 3.8) is 0 Å². The molecule has 0 aliphatic heterocycles. The minimum Gasteiger partial charge on any atom is -0.478 e. The van der Waals surface area contributed by atoms with Gasteiger partial charge < -0.3 is 10.2 Å². The zero-order valence-electron chi connectivity index (χ0n) is 6.72. The van der Waals surface area contributed by atoms with Crippen LogP contribution in [0.3, 0.4) is 0 Å². The van der Waals surface area contributed by atoms with E-state index >= 15 is 0 Å². The topological polar surface area (TPSA) is 57.5 Å². The molecule has 2 N–H and O–H groups in total. The van der Waals surface area contributed by atoms with Gasteiger partial charge in [0.1, 0.15) is 5.82 Å². The van der Waals surface area contributed by atoms with E-state index in [4.69, 9.17) is 33.4 Å². The van der Waals surface area contributed by atoms with Crippen LogP contribution in [0.4, 0.5) is 4.39 Å². The van der Waals surface area contributed by atoms with Gasteiger partial charge in [-0.3, -0.25) is 0 Å². The fourth-order valence-electron chi connectivity index (χ4n) is 0.933. The maximum atomic E-state index is 13.2. The first-order chi connectivity index (χ1) is 6.49. The summed E-state index contributed by atoms with van der Waals surface area (Å²) in [7, 11) is 0. The molecular weight excluding hydrogens is 234 g/mol. The zero-order valence-corrected chi connectivity index (χ0v) is 8.23. The molecule has 0 heterocycles. The monoisotopic (exact) mass is 238 g/mol. The number of aromatic carboxylic acids is 1. The highest BCUT2D eigenvalue weighted by Crippen LogP contribution is 2.29. The minimum atomic E-state index is -1.37. The first-order valence-corrected chi connectivity index (χ1v) is 4.25. The lowest BCUT2D eigenvalue weighted by atomic mass is 10.1. The van der Waals surface area contributed by atoms with Crippen LogP contribution in [0.5, 0.6) is 0 Å². The lowest BCUT2D eigenvalue weighted by Crippen LogP contribution is -2.03. The van der Waals surface area contributed by atoms with Crippen LogP contribution in [-0.4, -0.2) is 16.2 Å². The Morgan fingerprint density at radius 1 is 1.50 bits per heavy atom. The molecule has 1 aromatic carbocycles. The molecule has 0 aliphatic rings. The van der Waals surface area contributed by atoms with Gasteiger partial charge in [-0.05, 0) is 6.07 Å². The van der Waals surface area contributed by atoms with Gasteiger partial charge in [0.25, 0.3) is 0 Å². The second-order valence-electron chi connectivity index (χ2n) is 2.48. The number of hydrogen-bond acceptors (Lipinski definition) is 2. The molecule has 3 nitrogen and oxygen atoms in total. The van der Waals surface area contributed by atoms with Crippen LogP contribution in [0.1, 0.15) is 15.9 Å². The van der Waals surface area contributed by atoms with Crippen LogP contribution >= 0.6 is 23.2 Å². The van der Waals surface area contributed by atoms with E-state index in [2.05, 4.69) is 0 Å². The number of benzene rings is 1. The van der Waals surface area contributed by atoms with E-state index in [1.165, 1.54) is 0 Å². The molecule has 0 amide bonds. The normalized spacial score (nSPS) is 10.3. The molecule has 0 bridgehead atoms. The van der Waals surface area contributed by atoms with Crippen molar-refractivity contribution in [3.8, 4) is 0 Å². The third kappa shape index (κ3) is 1.82. The molecule has 0 aromatic heterocycles. The summed E-state index contributed by atoms with van der Waals surface area (Å²) in [6.45, 7) is -0.635. The van der Waals surface area contributed by atoms with Crippen molar-refractivity contribution in [2.24, 2.45) is 0 Å². The highest BCUT2D eigenvalue weighted by molar-refractivity contribution is 6.36. The molecule has 0 radical (unpaired) electrons. The average molecular weight is 239 g/mol. The van der Waals surface area contributed by atoms with Gasteiger partial charge in [-0.1, -0.05) is 23.2 Å². The Balaban J connectivity index is 3.47. The van der Waals surface area contributed by atoms with Gasteiger partial charge in [-0.2, -0.15) is 0 Å². The molecule has 6 heteroatoms. The summed E-state index contributed by atoms with van der Waals surface area (Å²) in [5.41, 5.74) is -0.631. The van der Waals surface area contributed by atoms with Gasteiger partial charge in [-0.25, -0.2) is 9.18 Å². The van der Waals surface area contributed by atoms with E-state index < -0.39 is 29.0 Å². The van der Waals surface area contributed by atoms with Gasteiger partial charge >= 0.3 is 5.97 Å².